The van der Waals surface area contributed by atoms with Gasteiger partial charge in [0.15, 0.2) is 0 Å². The molecule has 0 heterocycles. The summed E-state index contributed by atoms with van der Waals surface area (Å²) >= 11 is 0. The molecule has 6 nitrogen and oxygen atoms in total. The van der Waals surface area contributed by atoms with Gasteiger partial charge in [0.25, 0.3) is 10.1 Å². The molecule has 0 rings (SSSR count). The Morgan fingerprint density at radius 2 is 1.91 bits per heavy atom. The second kappa shape index (κ2) is 5.02. The van der Waals surface area contributed by atoms with Gasteiger partial charge in [-0.2, -0.15) is 8.42 Å². The molecule has 8 heteroatoms. The van der Waals surface area contributed by atoms with Crippen molar-refractivity contribution in [3.63, 3.8) is 0 Å². The number of carboxylic acid groups (broad SMARTS) is 1. The molecule has 0 aromatic rings. The van der Waals surface area contributed by atoms with Crippen LogP contribution in [0.2, 0.25) is 0 Å². The number of aliphatic carboxylic acids is 1. The fourth-order valence-electron chi connectivity index (χ4n) is 0.298. The minimum atomic E-state index is -4.27. The van der Waals surface area contributed by atoms with Crippen LogP contribution in [-0.2, 0) is 42.6 Å². The topological polar surface area (TPSA) is 118 Å². The van der Waals surface area contributed by atoms with E-state index in [9.17, 15) is 13.2 Å². The van der Waals surface area contributed by atoms with Gasteiger partial charge in [-0.1, -0.05) is 0 Å². The van der Waals surface area contributed by atoms with Crippen LogP contribution in [0.3, 0.4) is 0 Å². The second-order valence-corrected chi connectivity index (χ2v) is 3.19. The summed E-state index contributed by atoms with van der Waals surface area (Å²) in [5, 5.41) is 8.04. The molecule has 0 aromatic carbocycles. The summed E-state index contributed by atoms with van der Waals surface area (Å²) in [5.41, 5.74) is 4.76. The molecule has 1 atom stereocenters. The Labute approximate surface area is 84.0 Å². The Kier molecular flexibility index (Phi) is 6.31. The van der Waals surface area contributed by atoms with Gasteiger partial charge in [0, 0.05) is 27.7 Å². The molecule has 0 aliphatic carbocycles. The zero-order chi connectivity index (χ0) is 8.36. The van der Waals surface area contributed by atoms with Crippen molar-refractivity contribution in [2.45, 2.75) is 6.04 Å². The molecule has 11 heavy (non-hydrogen) atoms. The van der Waals surface area contributed by atoms with E-state index in [0.29, 0.717) is 0 Å². The second-order valence-electron chi connectivity index (χ2n) is 1.69. The fourth-order valence-corrected chi connectivity index (χ4v) is 0.895. The Morgan fingerprint density at radius 1 is 1.55 bits per heavy atom. The van der Waals surface area contributed by atoms with E-state index in [4.69, 9.17) is 15.4 Å². The van der Waals surface area contributed by atoms with Gasteiger partial charge < -0.3 is 10.8 Å². The first kappa shape index (κ1) is 13.8. The number of hydrogen-bond acceptors (Lipinski definition) is 4. The predicted octanol–water partition coefficient (Wildman–Crippen LogP) is -1.72. The van der Waals surface area contributed by atoms with Crippen molar-refractivity contribution in [3.8, 4) is 0 Å². The Morgan fingerprint density at radius 3 is 2.00 bits per heavy atom. The van der Waals surface area contributed by atoms with Crippen LogP contribution in [0.15, 0.2) is 0 Å². The monoisotopic (exact) mass is 371 g/mol. The van der Waals surface area contributed by atoms with E-state index in [2.05, 4.69) is 0 Å². The number of rotatable bonds is 3. The normalized spacial score (nSPS) is 13.3. The molecule has 0 aliphatic heterocycles. The van der Waals surface area contributed by atoms with Crippen LogP contribution in [-0.4, -0.2) is 35.8 Å². The third-order valence-electron chi connectivity index (χ3n) is 0.707. The Hall–Kier alpha value is 0.275. The number of carboxylic acids is 1. The van der Waals surface area contributed by atoms with E-state index in [1.807, 2.05) is 0 Å². The average Bonchev–Trinajstić information content (AvgIpc) is 1.60. The van der Waals surface area contributed by atoms with E-state index < -0.39 is 27.9 Å². The third-order valence-corrected chi connectivity index (χ3v) is 1.49. The number of hydrogen-bond donors (Lipinski definition) is 3. The van der Waals surface area contributed by atoms with E-state index in [1.165, 1.54) is 0 Å². The maximum Gasteiger partial charge on any atom is 0.321 e. The average molecular weight is 370 g/mol. The van der Waals surface area contributed by atoms with Crippen LogP contribution in [0.5, 0.6) is 0 Å². The van der Waals surface area contributed by atoms with Crippen LogP contribution in [0.1, 0.15) is 0 Å². The minimum absolute atomic E-state index is 0. The quantitative estimate of drug-likeness (QED) is 0.402. The van der Waals surface area contributed by atoms with Crippen LogP contribution in [0.25, 0.3) is 0 Å². The third kappa shape index (κ3) is 8.18. The molecule has 0 fully saturated rings. The molecule has 0 aliphatic rings. The first-order valence-corrected chi connectivity index (χ1v) is 3.87. The van der Waals surface area contributed by atoms with E-state index >= 15 is 0 Å². The maximum atomic E-state index is 9.96. The standard InChI is InChI=1S/C3H7NO5S.Hg/c4-2(3(5)6)1-10(7,8)9;/h2H,1,4H2,(H,5,6)(H,7,8,9);/t2-;/m1./s1. The summed E-state index contributed by atoms with van der Waals surface area (Å²) in [7, 11) is -4.27. The van der Waals surface area contributed by atoms with Gasteiger partial charge in [0.2, 0.25) is 0 Å². The molecule has 0 radical (unpaired) electrons. The summed E-state index contributed by atoms with van der Waals surface area (Å²) in [6.45, 7) is 0. The largest absolute Gasteiger partial charge is 0.480 e. The van der Waals surface area contributed by atoms with Crippen LogP contribution in [0.4, 0.5) is 0 Å². The van der Waals surface area contributed by atoms with E-state index in [0.717, 1.165) is 0 Å². The first-order valence-electron chi connectivity index (χ1n) is 2.26. The number of nitrogens with two attached hydrogens (primary N) is 1. The van der Waals surface area contributed by atoms with Gasteiger partial charge in [-0.25, -0.2) is 0 Å². The minimum Gasteiger partial charge on any atom is -0.480 e. The summed E-state index contributed by atoms with van der Waals surface area (Å²) in [6, 6.07) is -1.56. The van der Waals surface area contributed by atoms with Crippen LogP contribution < -0.4 is 5.73 Å². The predicted molar refractivity (Wildman–Crippen MR) is 32.0 cm³/mol. The fraction of sp³-hybridized carbons (Fsp3) is 0.667. The van der Waals surface area contributed by atoms with Gasteiger partial charge in [-0.15, -0.1) is 0 Å². The Bertz CT molecular complexity index is 224. The molecule has 0 saturated heterocycles. The maximum absolute atomic E-state index is 9.96. The first-order chi connectivity index (χ1) is 4.33. The van der Waals surface area contributed by atoms with Crippen molar-refractivity contribution >= 4 is 16.1 Å². The van der Waals surface area contributed by atoms with Crippen LogP contribution in [0, 0.1) is 0 Å². The molecule has 0 unspecified atom stereocenters. The van der Waals surface area contributed by atoms with Crippen molar-refractivity contribution in [1.29, 1.82) is 0 Å². The van der Waals surface area contributed by atoms with Gasteiger partial charge in [0.1, 0.15) is 11.8 Å². The molecule has 0 aromatic heterocycles. The molecule has 0 amide bonds. The smallest absolute Gasteiger partial charge is 0.321 e. The van der Waals surface area contributed by atoms with Crippen LogP contribution >= 0.6 is 0 Å². The summed E-state index contributed by atoms with van der Waals surface area (Å²) in [4.78, 5) is 9.88. The van der Waals surface area contributed by atoms with Crippen molar-refractivity contribution in [3.05, 3.63) is 0 Å². The summed E-state index contributed by atoms with van der Waals surface area (Å²) in [6.07, 6.45) is 0. The van der Waals surface area contributed by atoms with Crippen molar-refractivity contribution in [2.24, 2.45) is 5.73 Å². The molecule has 0 spiro atoms. The molecular formula is C3H7HgNO5S. The van der Waals surface area contributed by atoms with Gasteiger partial charge in [-0.3, -0.25) is 9.35 Å². The molecular weight excluding hydrogens is 363 g/mol. The van der Waals surface area contributed by atoms with Crippen molar-refractivity contribution in [1.82, 2.24) is 0 Å². The van der Waals surface area contributed by atoms with Gasteiger partial charge in [-0.05, 0) is 0 Å². The van der Waals surface area contributed by atoms with Crippen molar-refractivity contribution < 1.29 is 50.5 Å². The summed E-state index contributed by atoms with van der Waals surface area (Å²) in [5.74, 6) is -2.42. The zero-order valence-corrected chi connectivity index (χ0v) is 11.9. The molecule has 62 valence electrons. The Balaban J connectivity index is 0. The van der Waals surface area contributed by atoms with E-state index in [1.54, 1.807) is 0 Å². The molecule has 0 bridgehead atoms. The SMILES string of the molecule is N[C@H](CS(=O)(=O)O)C(=O)O.[Hg]. The zero-order valence-electron chi connectivity index (χ0n) is 5.60. The number of carbonyl (C=O) groups is 1. The van der Waals surface area contributed by atoms with Crippen molar-refractivity contribution in [2.75, 3.05) is 5.75 Å². The molecule has 0 saturated carbocycles. The van der Waals surface area contributed by atoms with Gasteiger partial charge in [0.05, 0.1) is 0 Å². The van der Waals surface area contributed by atoms with E-state index in [-0.39, 0.29) is 27.7 Å². The molecule has 4 N–H and O–H groups in total. The van der Waals surface area contributed by atoms with Gasteiger partial charge >= 0.3 is 5.97 Å². The summed E-state index contributed by atoms with van der Waals surface area (Å²) < 4.78 is 28.0.